The van der Waals surface area contributed by atoms with Gasteiger partial charge >= 0.3 is 0 Å². The van der Waals surface area contributed by atoms with E-state index in [2.05, 4.69) is 10.0 Å². The summed E-state index contributed by atoms with van der Waals surface area (Å²) in [5.74, 6) is -0.709. The summed E-state index contributed by atoms with van der Waals surface area (Å²) in [6, 6.07) is 10.3. The number of sulfonamides is 1. The first-order valence-electron chi connectivity index (χ1n) is 13.3. The topological polar surface area (TPSA) is 120 Å². The standard InChI is InChI=1S/C28H31Cl2N5O5S/c1-17(2)9-24(32-27(37)18-10-20-5-3-4-8-33(20)14-18)28(38)35-16-21-12-22(35)15-34(21)26(36)13-31-41(39,40)25-7-6-19(29)11-23(25)30/h3-8,10-11,14,17,21-22,24,31H,9,12-13,15-16H2,1-2H3,(H,32,37)/t21-,22-,24-/m0/s1. The number of piperazine rings is 1. The highest BCUT2D eigenvalue weighted by Gasteiger charge is 2.48. The first kappa shape index (κ1) is 29.4. The van der Waals surface area contributed by atoms with Crippen LogP contribution in [0.25, 0.3) is 5.52 Å². The van der Waals surface area contributed by atoms with Crippen LogP contribution in [-0.2, 0) is 19.6 Å². The molecular formula is C28H31Cl2N5O5S. The summed E-state index contributed by atoms with van der Waals surface area (Å²) in [6.45, 7) is 4.18. The van der Waals surface area contributed by atoms with Gasteiger partial charge < -0.3 is 19.5 Å². The lowest BCUT2D eigenvalue weighted by atomic mass is 10.0. The van der Waals surface area contributed by atoms with Crippen molar-refractivity contribution in [3.05, 3.63) is 70.5 Å². The maximum atomic E-state index is 13.6. The molecule has 13 heteroatoms. The molecule has 218 valence electrons. The molecule has 1 aromatic carbocycles. The molecule has 2 bridgehead atoms. The molecule has 2 aliphatic rings. The van der Waals surface area contributed by atoms with Gasteiger partial charge in [0.1, 0.15) is 10.9 Å². The van der Waals surface area contributed by atoms with E-state index in [9.17, 15) is 22.8 Å². The van der Waals surface area contributed by atoms with Crippen molar-refractivity contribution < 1.29 is 22.8 Å². The smallest absolute Gasteiger partial charge is 0.253 e. The fraction of sp³-hybridized carbons (Fsp3) is 0.393. The number of benzene rings is 1. The maximum Gasteiger partial charge on any atom is 0.253 e. The van der Waals surface area contributed by atoms with Crippen molar-refractivity contribution in [2.75, 3.05) is 19.6 Å². The monoisotopic (exact) mass is 619 g/mol. The van der Waals surface area contributed by atoms with Crippen molar-refractivity contribution in [3.63, 3.8) is 0 Å². The fourth-order valence-electron chi connectivity index (χ4n) is 5.59. The molecule has 3 atom stereocenters. The quantitative estimate of drug-likeness (QED) is 0.381. The molecule has 2 saturated heterocycles. The normalized spacial score (nSPS) is 19.2. The van der Waals surface area contributed by atoms with Gasteiger partial charge in [-0.3, -0.25) is 14.4 Å². The number of hydrogen-bond donors (Lipinski definition) is 2. The SMILES string of the molecule is CC(C)C[C@H](NC(=O)c1cc2ccccn2c1)C(=O)N1C[C@@H]2C[C@H]1CN2C(=O)CNS(=O)(=O)c1ccc(Cl)cc1Cl. The number of aromatic nitrogens is 1. The number of rotatable bonds is 9. The van der Waals surface area contributed by atoms with Crippen LogP contribution in [0, 0.1) is 5.92 Å². The van der Waals surface area contributed by atoms with Gasteiger partial charge in [-0.1, -0.05) is 43.1 Å². The van der Waals surface area contributed by atoms with E-state index in [1.165, 1.54) is 18.2 Å². The van der Waals surface area contributed by atoms with Crippen molar-refractivity contribution in [1.82, 2.24) is 24.2 Å². The fourth-order valence-corrected chi connectivity index (χ4v) is 7.33. The Morgan fingerprint density at radius 3 is 2.41 bits per heavy atom. The van der Waals surface area contributed by atoms with E-state index in [1.54, 1.807) is 22.1 Å². The molecule has 0 aliphatic carbocycles. The average Bonchev–Trinajstić information content (AvgIpc) is 3.65. The molecule has 0 unspecified atom stereocenters. The Hall–Kier alpha value is -3.12. The summed E-state index contributed by atoms with van der Waals surface area (Å²) in [4.78, 5) is 42.9. The van der Waals surface area contributed by atoms with Crippen LogP contribution in [0.4, 0.5) is 0 Å². The Morgan fingerprint density at radius 1 is 1.02 bits per heavy atom. The van der Waals surface area contributed by atoms with Crippen LogP contribution in [0.5, 0.6) is 0 Å². The number of carbonyl (C=O) groups excluding carboxylic acids is 3. The van der Waals surface area contributed by atoms with E-state index in [0.29, 0.717) is 36.5 Å². The van der Waals surface area contributed by atoms with Crippen LogP contribution in [0.3, 0.4) is 0 Å². The first-order valence-corrected chi connectivity index (χ1v) is 15.6. The first-order chi connectivity index (χ1) is 19.4. The number of halogens is 2. The number of fused-ring (bicyclic) bond motifs is 3. The Kier molecular flexibility index (Phi) is 8.34. The van der Waals surface area contributed by atoms with Crippen molar-refractivity contribution >= 4 is 56.5 Å². The Labute approximate surface area is 248 Å². The summed E-state index contributed by atoms with van der Waals surface area (Å²) >= 11 is 11.9. The van der Waals surface area contributed by atoms with Gasteiger partial charge in [-0.15, -0.1) is 0 Å². The number of nitrogens with zero attached hydrogens (tertiary/aromatic N) is 3. The highest BCUT2D eigenvalue weighted by Crippen LogP contribution is 2.32. The number of hydrogen-bond acceptors (Lipinski definition) is 5. The molecule has 0 radical (unpaired) electrons. The molecule has 3 amide bonds. The molecule has 5 rings (SSSR count). The van der Waals surface area contributed by atoms with E-state index in [1.807, 2.05) is 42.6 Å². The van der Waals surface area contributed by atoms with E-state index >= 15 is 0 Å². The second-order valence-electron chi connectivity index (χ2n) is 10.9. The number of carbonyl (C=O) groups is 3. The summed E-state index contributed by atoms with van der Waals surface area (Å²) in [6.07, 6.45) is 4.66. The lowest BCUT2D eigenvalue weighted by Gasteiger charge is -2.36. The van der Waals surface area contributed by atoms with Gasteiger partial charge in [0.05, 0.1) is 29.2 Å². The van der Waals surface area contributed by atoms with Crippen molar-refractivity contribution in [2.24, 2.45) is 5.92 Å². The largest absolute Gasteiger partial charge is 0.340 e. The van der Waals surface area contributed by atoms with Crippen LogP contribution in [-0.4, -0.2) is 78.1 Å². The minimum atomic E-state index is -4.03. The van der Waals surface area contributed by atoms with Crippen LogP contribution in [0.15, 0.2) is 59.8 Å². The molecule has 3 aromatic rings. The van der Waals surface area contributed by atoms with Crippen LogP contribution in [0.1, 0.15) is 37.0 Å². The zero-order chi connectivity index (χ0) is 29.5. The predicted octanol–water partition coefficient (Wildman–Crippen LogP) is 3.18. The summed E-state index contributed by atoms with van der Waals surface area (Å²) in [5, 5.41) is 3.19. The number of pyridine rings is 1. The third-order valence-electron chi connectivity index (χ3n) is 7.52. The number of amides is 3. The number of likely N-dealkylation sites (tertiary alicyclic amines) is 2. The van der Waals surface area contributed by atoms with Crippen molar-refractivity contribution in [2.45, 2.75) is 49.7 Å². The Balaban J connectivity index is 1.20. The summed E-state index contributed by atoms with van der Waals surface area (Å²) in [7, 11) is -4.03. The Morgan fingerprint density at radius 2 is 1.76 bits per heavy atom. The molecule has 41 heavy (non-hydrogen) atoms. The van der Waals surface area contributed by atoms with Gasteiger partial charge in [0, 0.05) is 36.0 Å². The molecule has 4 heterocycles. The van der Waals surface area contributed by atoms with Gasteiger partial charge in [-0.05, 0) is 55.2 Å². The van der Waals surface area contributed by atoms with Gasteiger partial charge in [0.15, 0.2) is 0 Å². The molecule has 2 aliphatic heterocycles. The van der Waals surface area contributed by atoms with Crippen molar-refractivity contribution in [1.29, 1.82) is 0 Å². The molecule has 10 nitrogen and oxygen atoms in total. The molecule has 2 fully saturated rings. The van der Waals surface area contributed by atoms with E-state index in [0.717, 1.165) is 5.52 Å². The van der Waals surface area contributed by atoms with Crippen LogP contribution < -0.4 is 10.0 Å². The summed E-state index contributed by atoms with van der Waals surface area (Å²) < 4.78 is 29.5. The third-order valence-corrected chi connectivity index (χ3v) is 9.64. The van der Waals surface area contributed by atoms with E-state index in [-0.39, 0.29) is 45.6 Å². The second-order valence-corrected chi connectivity index (χ2v) is 13.5. The van der Waals surface area contributed by atoms with Crippen molar-refractivity contribution in [3.8, 4) is 0 Å². The van der Waals surface area contributed by atoms with Crippen LogP contribution in [0.2, 0.25) is 10.0 Å². The van der Waals surface area contributed by atoms with E-state index in [4.69, 9.17) is 23.2 Å². The minimum Gasteiger partial charge on any atom is -0.340 e. The van der Waals surface area contributed by atoms with Gasteiger partial charge in [-0.25, -0.2) is 13.1 Å². The highest BCUT2D eigenvalue weighted by molar-refractivity contribution is 7.89. The zero-order valence-corrected chi connectivity index (χ0v) is 24.9. The summed E-state index contributed by atoms with van der Waals surface area (Å²) in [5.41, 5.74) is 1.35. The second kappa shape index (κ2) is 11.6. The predicted molar refractivity (Wildman–Crippen MR) is 155 cm³/mol. The number of nitrogens with one attached hydrogen (secondary N) is 2. The van der Waals surface area contributed by atoms with Gasteiger partial charge in [-0.2, -0.15) is 0 Å². The zero-order valence-electron chi connectivity index (χ0n) is 22.6. The Bertz CT molecular complexity index is 1580. The minimum absolute atomic E-state index is 0.0414. The molecule has 2 N–H and O–H groups in total. The maximum absolute atomic E-state index is 13.6. The molecule has 0 saturated carbocycles. The average molecular weight is 621 g/mol. The molecular weight excluding hydrogens is 589 g/mol. The van der Waals surface area contributed by atoms with Gasteiger partial charge in [0.2, 0.25) is 21.8 Å². The van der Waals surface area contributed by atoms with Gasteiger partial charge in [0.25, 0.3) is 5.91 Å². The molecule has 2 aromatic heterocycles. The van der Waals surface area contributed by atoms with E-state index < -0.39 is 22.6 Å². The lowest BCUT2D eigenvalue weighted by molar-refractivity contribution is -0.140. The lowest BCUT2D eigenvalue weighted by Crippen LogP contribution is -2.57. The highest BCUT2D eigenvalue weighted by atomic mass is 35.5. The van der Waals surface area contributed by atoms with Crippen LogP contribution >= 0.6 is 23.2 Å². The molecule has 0 spiro atoms. The third kappa shape index (κ3) is 6.23.